The van der Waals surface area contributed by atoms with Crippen molar-refractivity contribution >= 4 is 53.4 Å². The Labute approximate surface area is 162 Å². The molecule has 0 aliphatic heterocycles. The van der Waals surface area contributed by atoms with Crippen molar-refractivity contribution in [2.75, 3.05) is 0 Å². The minimum absolute atomic E-state index is 0. The van der Waals surface area contributed by atoms with Crippen LogP contribution in [-0.4, -0.2) is 73.9 Å². The van der Waals surface area contributed by atoms with Crippen LogP contribution in [0.25, 0.3) is 11.1 Å². The van der Waals surface area contributed by atoms with Gasteiger partial charge in [0, 0.05) is 0 Å². The maximum atomic E-state index is 11.6. The van der Waals surface area contributed by atoms with E-state index < -0.39 is 46.1 Å². The molecular weight excluding hydrogens is 343 g/mol. The molecule has 4 N–H and O–H groups in total. The topological polar surface area (TPSA) is 149 Å². The Balaban J connectivity index is 0.00000312. The van der Waals surface area contributed by atoms with Gasteiger partial charge in [-0.25, -0.2) is 19.2 Å². The van der Waals surface area contributed by atoms with E-state index in [0.29, 0.717) is 0 Å². The normalized spacial score (nSPS) is 9.76. The Morgan fingerprint density at radius 1 is 0.640 bits per heavy atom. The van der Waals surface area contributed by atoms with Gasteiger partial charge in [-0.15, -0.1) is 0 Å². The van der Waals surface area contributed by atoms with Gasteiger partial charge in [0.2, 0.25) is 0 Å². The number of carboxylic acid groups (broad SMARTS) is 4. The molecule has 0 aromatic heterocycles. The molecule has 0 aliphatic rings. The molecule has 0 radical (unpaired) electrons. The van der Waals surface area contributed by atoms with Gasteiger partial charge in [-0.3, -0.25) is 0 Å². The van der Waals surface area contributed by atoms with Crippen LogP contribution in [0.1, 0.15) is 41.4 Å². The van der Waals surface area contributed by atoms with Crippen molar-refractivity contribution in [1.82, 2.24) is 0 Å². The monoisotopic (exact) mass is 354 g/mol. The molecule has 0 saturated carbocycles. The first-order valence-electron chi connectivity index (χ1n) is 6.45. The molecule has 9 heteroatoms. The maximum absolute atomic E-state index is 11.6. The van der Waals surface area contributed by atoms with Gasteiger partial charge in [0.1, 0.15) is 0 Å². The van der Waals surface area contributed by atoms with E-state index in [1.807, 2.05) is 0 Å². The average Bonchev–Trinajstić information content (AvgIpc) is 2.53. The van der Waals surface area contributed by atoms with Gasteiger partial charge in [0.15, 0.2) is 0 Å². The third-order valence-electron chi connectivity index (χ3n) is 3.28. The summed E-state index contributed by atoms with van der Waals surface area (Å²) >= 11 is 0. The predicted octanol–water partition coefficient (Wildman–Crippen LogP) is 1.50. The third-order valence-corrected chi connectivity index (χ3v) is 3.28. The molecule has 2 rings (SSSR count). The summed E-state index contributed by atoms with van der Waals surface area (Å²) in [5, 5.41) is 37.1. The number of aromatic carboxylic acids is 4. The second-order valence-corrected chi connectivity index (χ2v) is 4.68. The molecule has 8 nitrogen and oxygen atoms in total. The summed E-state index contributed by atoms with van der Waals surface area (Å²) < 4.78 is 0. The molecule has 0 aliphatic carbocycles. The van der Waals surface area contributed by atoms with Crippen molar-refractivity contribution in [3.8, 4) is 11.1 Å². The van der Waals surface area contributed by atoms with Crippen molar-refractivity contribution in [1.29, 1.82) is 0 Å². The van der Waals surface area contributed by atoms with Gasteiger partial charge in [-0.1, -0.05) is 30.3 Å². The summed E-state index contributed by atoms with van der Waals surface area (Å²) in [6, 6.07) is 8.50. The molecule has 0 heterocycles. The molecule has 0 unspecified atom stereocenters. The molecular formula is C16H11NaO8. The number of benzene rings is 2. The number of carbonyl (C=O) groups is 4. The number of hydrogen-bond acceptors (Lipinski definition) is 4. The van der Waals surface area contributed by atoms with Gasteiger partial charge in [0.05, 0.1) is 22.3 Å². The summed E-state index contributed by atoms with van der Waals surface area (Å²) in [6.45, 7) is 0. The number of rotatable bonds is 5. The quantitative estimate of drug-likeness (QED) is 0.590. The van der Waals surface area contributed by atoms with E-state index in [1.165, 1.54) is 12.1 Å². The fourth-order valence-electron chi connectivity index (χ4n) is 2.36. The van der Waals surface area contributed by atoms with Crippen LogP contribution >= 0.6 is 0 Å². The van der Waals surface area contributed by atoms with E-state index in [1.54, 1.807) is 18.2 Å². The van der Waals surface area contributed by atoms with Crippen molar-refractivity contribution in [3.63, 3.8) is 0 Å². The molecule has 2 aromatic rings. The zero-order valence-corrected chi connectivity index (χ0v) is 11.9. The fraction of sp³-hybridized carbons (Fsp3) is 0. The third kappa shape index (κ3) is 3.87. The zero-order valence-electron chi connectivity index (χ0n) is 11.9. The molecule has 0 bridgehead atoms. The van der Waals surface area contributed by atoms with Crippen LogP contribution in [0.5, 0.6) is 0 Å². The van der Waals surface area contributed by atoms with Gasteiger partial charge >= 0.3 is 53.4 Å². The Morgan fingerprint density at radius 3 is 1.52 bits per heavy atom. The van der Waals surface area contributed by atoms with Crippen molar-refractivity contribution in [3.05, 3.63) is 58.7 Å². The Morgan fingerprint density at radius 2 is 1.12 bits per heavy atom. The Kier molecular flexibility index (Phi) is 6.46. The second kappa shape index (κ2) is 7.93. The first-order chi connectivity index (χ1) is 11.3. The fourth-order valence-corrected chi connectivity index (χ4v) is 2.36. The first kappa shape index (κ1) is 20.4. The Hall–Kier alpha value is -2.68. The zero-order chi connectivity index (χ0) is 18.0. The summed E-state index contributed by atoms with van der Waals surface area (Å²) in [6.07, 6.45) is 0. The van der Waals surface area contributed by atoms with Gasteiger partial charge < -0.3 is 20.4 Å². The summed E-state index contributed by atoms with van der Waals surface area (Å²) in [7, 11) is 0. The Bertz CT molecular complexity index is 873. The summed E-state index contributed by atoms with van der Waals surface area (Å²) in [4.78, 5) is 45.8. The van der Waals surface area contributed by atoms with Gasteiger partial charge in [-0.2, -0.15) is 0 Å². The van der Waals surface area contributed by atoms with E-state index >= 15 is 0 Å². The van der Waals surface area contributed by atoms with E-state index in [4.69, 9.17) is 0 Å². The number of hydrogen-bond donors (Lipinski definition) is 4. The molecule has 124 valence electrons. The second-order valence-electron chi connectivity index (χ2n) is 4.68. The van der Waals surface area contributed by atoms with Crippen LogP contribution in [0, 0.1) is 0 Å². The predicted molar refractivity (Wildman–Crippen MR) is 86.9 cm³/mol. The number of carboxylic acids is 4. The SMILES string of the molecule is O=C(O)c1cc(-c2ccccc2)c(C(=O)O)c(C(=O)O)c1C(=O)O.[NaH]. The van der Waals surface area contributed by atoms with Crippen molar-refractivity contribution < 1.29 is 39.6 Å². The van der Waals surface area contributed by atoms with E-state index in [2.05, 4.69) is 0 Å². The van der Waals surface area contributed by atoms with Crippen LogP contribution in [0.15, 0.2) is 36.4 Å². The van der Waals surface area contributed by atoms with Gasteiger partial charge in [-0.05, 0) is 17.2 Å². The summed E-state index contributed by atoms with van der Waals surface area (Å²) in [5.41, 5.74) is -3.68. The average molecular weight is 354 g/mol. The molecule has 2 aromatic carbocycles. The van der Waals surface area contributed by atoms with E-state index in [-0.39, 0.29) is 40.7 Å². The minimum atomic E-state index is -1.84. The van der Waals surface area contributed by atoms with Crippen LogP contribution in [0.3, 0.4) is 0 Å². The van der Waals surface area contributed by atoms with Crippen LogP contribution in [-0.2, 0) is 0 Å². The standard InChI is InChI=1S/C16H10O8.Na.H/c17-13(18)9-6-8(7-4-2-1-3-5-7)10(14(19)20)12(16(23)24)11(9)15(21)22;;/h1-6H,(H,17,18)(H,19,20)(H,21,22)(H,23,24);;. The molecule has 25 heavy (non-hydrogen) atoms. The van der Waals surface area contributed by atoms with Crippen molar-refractivity contribution in [2.45, 2.75) is 0 Å². The molecule has 0 fully saturated rings. The van der Waals surface area contributed by atoms with Crippen LogP contribution in [0.4, 0.5) is 0 Å². The molecule has 0 spiro atoms. The van der Waals surface area contributed by atoms with Crippen LogP contribution in [0.2, 0.25) is 0 Å². The molecule has 0 saturated heterocycles. The van der Waals surface area contributed by atoms with Gasteiger partial charge in [0.25, 0.3) is 0 Å². The van der Waals surface area contributed by atoms with Crippen molar-refractivity contribution in [2.24, 2.45) is 0 Å². The molecule has 0 atom stereocenters. The molecule has 0 amide bonds. The van der Waals surface area contributed by atoms with E-state index in [9.17, 15) is 39.6 Å². The van der Waals surface area contributed by atoms with E-state index in [0.717, 1.165) is 6.07 Å². The summed E-state index contributed by atoms with van der Waals surface area (Å²) in [5.74, 6) is -7.04. The first-order valence-corrected chi connectivity index (χ1v) is 6.45. The van der Waals surface area contributed by atoms with Crippen LogP contribution < -0.4 is 0 Å².